The van der Waals surface area contributed by atoms with Crippen LogP contribution in [-0.4, -0.2) is 24.7 Å². The summed E-state index contributed by atoms with van der Waals surface area (Å²) in [7, 11) is 0. The molecule has 0 radical (unpaired) electrons. The second-order valence-electron chi connectivity index (χ2n) is 4.87. The molecule has 5 nitrogen and oxygen atoms in total. The van der Waals surface area contributed by atoms with Crippen molar-refractivity contribution in [2.75, 3.05) is 19.8 Å². The van der Waals surface area contributed by atoms with E-state index < -0.39 is 22.2 Å². The number of halogens is 2. The van der Waals surface area contributed by atoms with Crippen LogP contribution < -0.4 is 5.32 Å². The minimum Gasteiger partial charge on any atom is -0.381 e. The van der Waals surface area contributed by atoms with Crippen molar-refractivity contribution in [1.82, 2.24) is 5.32 Å². The molecule has 1 saturated heterocycles. The van der Waals surface area contributed by atoms with Gasteiger partial charge in [-0.1, -0.05) is 0 Å². The van der Waals surface area contributed by atoms with Crippen LogP contribution in [0.3, 0.4) is 0 Å². The van der Waals surface area contributed by atoms with E-state index in [4.69, 9.17) is 4.74 Å². The summed E-state index contributed by atoms with van der Waals surface area (Å²) in [6.45, 7) is 2.21. The third-order valence-electron chi connectivity index (χ3n) is 3.32. The summed E-state index contributed by atoms with van der Waals surface area (Å²) in [6.07, 6.45) is 2.04. The molecule has 0 aliphatic carbocycles. The third kappa shape index (κ3) is 3.71. The highest BCUT2D eigenvalue weighted by atomic mass is 19.1. The lowest BCUT2D eigenvalue weighted by atomic mass is 10.0. The van der Waals surface area contributed by atoms with E-state index in [9.17, 15) is 18.9 Å². The minimum absolute atomic E-state index is 0.0924. The van der Waals surface area contributed by atoms with Gasteiger partial charge in [0.05, 0.1) is 11.5 Å². The SMILES string of the molecule is O=[N+]([O-])c1cc(CNCC2CCCOC2)c(F)cc1F. The lowest BCUT2D eigenvalue weighted by molar-refractivity contribution is -0.387. The van der Waals surface area contributed by atoms with Crippen molar-refractivity contribution in [1.29, 1.82) is 0 Å². The second-order valence-corrected chi connectivity index (χ2v) is 4.87. The summed E-state index contributed by atoms with van der Waals surface area (Å²) < 4.78 is 32.0. The molecule has 1 atom stereocenters. The zero-order valence-corrected chi connectivity index (χ0v) is 10.9. The molecule has 1 aliphatic rings. The Morgan fingerprint density at radius 2 is 2.20 bits per heavy atom. The van der Waals surface area contributed by atoms with Gasteiger partial charge in [0.2, 0.25) is 5.82 Å². The predicted octanol–water partition coefficient (Wildman–Crippen LogP) is 2.39. The van der Waals surface area contributed by atoms with E-state index in [1.807, 2.05) is 0 Å². The molecule has 1 aromatic rings. The molecule has 20 heavy (non-hydrogen) atoms. The van der Waals surface area contributed by atoms with Crippen LogP contribution >= 0.6 is 0 Å². The fourth-order valence-electron chi connectivity index (χ4n) is 2.24. The summed E-state index contributed by atoms with van der Waals surface area (Å²) in [4.78, 5) is 9.76. The molecule has 1 heterocycles. The van der Waals surface area contributed by atoms with Gasteiger partial charge >= 0.3 is 5.69 Å². The Bertz CT molecular complexity index is 491. The van der Waals surface area contributed by atoms with Crippen molar-refractivity contribution in [3.05, 3.63) is 39.4 Å². The predicted molar refractivity (Wildman–Crippen MR) is 68.3 cm³/mol. The van der Waals surface area contributed by atoms with E-state index in [1.54, 1.807) is 0 Å². The summed E-state index contributed by atoms with van der Waals surface area (Å²) >= 11 is 0. The van der Waals surface area contributed by atoms with Gasteiger partial charge in [-0.3, -0.25) is 10.1 Å². The van der Waals surface area contributed by atoms with Crippen molar-refractivity contribution in [3.8, 4) is 0 Å². The molecular formula is C13H16F2N2O3. The fourth-order valence-corrected chi connectivity index (χ4v) is 2.24. The topological polar surface area (TPSA) is 64.4 Å². The highest BCUT2D eigenvalue weighted by molar-refractivity contribution is 5.37. The van der Waals surface area contributed by atoms with Crippen molar-refractivity contribution < 1.29 is 18.4 Å². The van der Waals surface area contributed by atoms with Gasteiger partial charge in [0.1, 0.15) is 5.82 Å². The van der Waals surface area contributed by atoms with Crippen molar-refractivity contribution in [3.63, 3.8) is 0 Å². The number of benzene rings is 1. The third-order valence-corrected chi connectivity index (χ3v) is 3.32. The first-order valence-electron chi connectivity index (χ1n) is 6.48. The summed E-state index contributed by atoms with van der Waals surface area (Å²) in [5.74, 6) is -1.57. The maximum absolute atomic E-state index is 13.5. The quantitative estimate of drug-likeness (QED) is 0.667. The van der Waals surface area contributed by atoms with Crippen LogP contribution in [0.1, 0.15) is 18.4 Å². The molecule has 0 saturated carbocycles. The van der Waals surface area contributed by atoms with E-state index in [0.717, 1.165) is 25.5 Å². The minimum atomic E-state index is -1.16. The summed E-state index contributed by atoms with van der Waals surface area (Å²) in [5.41, 5.74) is -0.612. The maximum atomic E-state index is 13.5. The molecule has 0 aromatic heterocycles. The van der Waals surface area contributed by atoms with Crippen LogP contribution in [0.2, 0.25) is 0 Å². The molecule has 1 aromatic carbocycles. The van der Waals surface area contributed by atoms with Crippen LogP contribution in [-0.2, 0) is 11.3 Å². The Morgan fingerprint density at radius 1 is 1.40 bits per heavy atom. The first-order chi connectivity index (χ1) is 9.58. The fraction of sp³-hybridized carbons (Fsp3) is 0.538. The van der Waals surface area contributed by atoms with Crippen molar-refractivity contribution in [2.24, 2.45) is 5.92 Å². The molecule has 110 valence electrons. The lowest BCUT2D eigenvalue weighted by Gasteiger charge is -2.22. The number of nitro benzene ring substituents is 1. The average molecular weight is 286 g/mol. The Hall–Kier alpha value is -1.60. The van der Waals surface area contributed by atoms with Gasteiger partial charge in [-0.15, -0.1) is 0 Å². The molecule has 1 fully saturated rings. The number of nitrogens with zero attached hydrogens (tertiary/aromatic N) is 1. The van der Waals surface area contributed by atoms with Crippen molar-refractivity contribution >= 4 is 5.69 Å². The monoisotopic (exact) mass is 286 g/mol. The van der Waals surface area contributed by atoms with Crippen LogP contribution in [0.25, 0.3) is 0 Å². The van der Waals surface area contributed by atoms with Gasteiger partial charge < -0.3 is 10.1 Å². The average Bonchev–Trinajstić information content (AvgIpc) is 2.42. The molecule has 0 amide bonds. The highest BCUT2D eigenvalue weighted by Crippen LogP contribution is 2.21. The van der Waals surface area contributed by atoms with Gasteiger partial charge in [-0.05, 0) is 18.8 Å². The number of hydrogen-bond acceptors (Lipinski definition) is 4. The largest absolute Gasteiger partial charge is 0.381 e. The Balaban J connectivity index is 1.94. The Kier molecular flexibility index (Phi) is 4.97. The molecule has 1 unspecified atom stereocenters. The van der Waals surface area contributed by atoms with E-state index in [2.05, 4.69) is 5.32 Å². The molecular weight excluding hydrogens is 270 g/mol. The lowest BCUT2D eigenvalue weighted by Crippen LogP contribution is -2.29. The van der Waals surface area contributed by atoms with Gasteiger partial charge in [-0.25, -0.2) is 4.39 Å². The molecule has 1 N–H and O–H groups in total. The molecule has 0 bridgehead atoms. The number of hydrogen-bond donors (Lipinski definition) is 1. The van der Waals surface area contributed by atoms with E-state index in [1.165, 1.54) is 0 Å². The Labute approximate surface area is 115 Å². The Morgan fingerprint density at radius 3 is 2.85 bits per heavy atom. The van der Waals surface area contributed by atoms with Crippen molar-refractivity contribution in [2.45, 2.75) is 19.4 Å². The highest BCUT2D eigenvalue weighted by Gasteiger charge is 2.19. The molecule has 0 spiro atoms. The van der Waals surface area contributed by atoms with Gasteiger partial charge in [0, 0.05) is 37.4 Å². The van der Waals surface area contributed by atoms with Crippen LogP contribution in [0.5, 0.6) is 0 Å². The zero-order chi connectivity index (χ0) is 14.5. The maximum Gasteiger partial charge on any atom is 0.305 e. The van der Waals surface area contributed by atoms with E-state index >= 15 is 0 Å². The van der Waals surface area contributed by atoms with Crippen LogP contribution in [0, 0.1) is 27.7 Å². The first-order valence-corrected chi connectivity index (χ1v) is 6.48. The molecule has 7 heteroatoms. The standard InChI is InChI=1S/C13H16F2N2O3/c14-11-5-12(15)13(17(18)19)4-10(11)7-16-6-9-2-1-3-20-8-9/h4-5,9,16H,1-3,6-8H2. The van der Waals surface area contributed by atoms with E-state index in [-0.39, 0.29) is 12.1 Å². The number of nitro groups is 1. The van der Waals surface area contributed by atoms with Crippen LogP contribution in [0.4, 0.5) is 14.5 Å². The smallest absolute Gasteiger partial charge is 0.305 e. The number of ether oxygens (including phenoxy) is 1. The summed E-state index contributed by atoms with van der Waals surface area (Å²) in [5, 5.41) is 13.6. The first kappa shape index (κ1) is 14.8. The molecule has 1 aliphatic heterocycles. The zero-order valence-electron chi connectivity index (χ0n) is 10.9. The van der Waals surface area contributed by atoms with Crippen LogP contribution in [0.15, 0.2) is 12.1 Å². The number of rotatable bonds is 5. The van der Waals surface area contributed by atoms with Gasteiger partial charge in [-0.2, -0.15) is 4.39 Å². The second kappa shape index (κ2) is 6.71. The van der Waals surface area contributed by atoms with E-state index in [0.29, 0.717) is 25.1 Å². The summed E-state index contributed by atoms with van der Waals surface area (Å²) in [6, 6.07) is 1.49. The normalized spacial score (nSPS) is 19.0. The van der Waals surface area contributed by atoms with Gasteiger partial charge in [0.25, 0.3) is 0 Å². The van der Waals surface area contributed by atoms with Gasteiger partial charge in [0.15, 0.2) is 0 Å². The molecule has 2 rings (SSSR count). The number of nitrogens with one attached hydrogen (secondary N) is 1.